The lowest BCUT2D eigenvalue weighted by molar-refractivity contribution is 0.682. The number of fused-ring (bicyclic) bond motifs is 2. The van der Waals surface area contributed by atoms with Crippen molar-refractivity contribution in [3.63, 3.8) is 0 Å². The first kappa shape index (κ1) is 17.4. The molecule has 4 N–H and O–H groups in total. The molecule has 0 spiro atoms. The standard InChI is InChI=1S/C26H28N2/c27-23-15-14-18-10-4-6-12-20(18)24(23)25-21-13-7-5-11-19(21)16-22(26(25)28)17-8-2-1-3-9-17/h1-3,8-9,14-16H,4-7,10-13,27-28H2. The first-order valence-electron chi connectivity index (χ1n) is 10.6. The Morgan fingerprint density at radius 1 is 0.607 bits per heavy atom. The zero-order chi connectivity index (χ0) is 19.1. The second-order valence-corrected chi connectivity index (χ2v) is 8.30. The van der Waals surface area contributed by atoms with E-state index in [9.17, 15) is 0 Å². The van der Waals surface area contributed by atoms with E-state index in [1.807, 2.05) is 0 Å². The Hall–Kier alpha value is -2.74. The maximum absolute atomic E-state index is 6.92. The van der Waals surface area contributed by atoms with Gasteiger partial charge >= 0.3 is 0 Å². The van der Waals surface area contributed by atoms with E-state index in [0.29, 0.717) is 0 Å². The highest BCUT2D eigenvalue weighted by Gasteiger charge is 2.25. The van der Waals surface area contributed by atoms with Gasteiger partial charge in [0.15, 0.2) is 0 Å². The molecule has 0 bridgehead atoms. The van der Waals surface area contributed by atoms with Crippen molar-refractivity contribution >= 4 is 11.4 Å². The minimum Gasteiger partial charge on any atom is -0.398 e. The summed E-state index contributed by atoms with van der Waals surface area (Å²) in [5.41, 5.74) is 25.9. The second-order valence-electron chi connectivity index (χ2n) is 8.30. The molecule has 0 fully saturated rings. The molecule has 2 aliphatic carbocycles. The number of nitrogen functional groups attached to an aromatic ring is 2. The molecule has 0 aliphatic heterocycles. The van der Waals surface area contributed by atoms with Gasteiger partial charge in [-0.15, -0.1) is 0 Å². The molecule has 0 heterocycles. The normalized spacial score (nSPS) is 15.7. The third-order valence-electron chi connectivity index (χ3n) is 6.59. The average molecular weight is 369 g/mol. The maximum atomic E-state index is 6.92. The summed E-state index contributed by atoms with van der Waals surface area (Å²) in [7, 11) is 0. The predicted octanol–water partition coefficient (Wildman–Crippen LogP) is 5.94. The number of anilines is 2. The van der Waals surface area contributed by atoms with Gasteiger partial charge in [0.1, 0.15) is 0 Å². The van der Waals surface area contributed by atoms with E-state index in [4.69, 9.17) is 11.5 Å². The largest absolute Gasteiger partial charge is 0.398 e. The Bertz CT molecular complexity index is 1030. The summed E-state index contributed by atoms with van der Waals surface area (Å²) in [6.07, 6.45) is 9.51. The lowest BCUT2D eigenvalue weighted by Crippen LogP contribution is -2.12. The fourth-order valence-corrected chi connectivity index (χ4v) is 5.21. The van der Waals surface area contributed by atoms with Crippen LogP contribution < -0.4 is 11.5 Å². The van der Waals surface area contributed by atoms with E-state index >= 15 is 0 Å². The molecule has 0 atom stereocenters. The van der Waals surface area contributed by atoms with Crippen LogP contribution in [0.1, 0.15) is 47.9 Å². The molecule has 0 saturated carbocycles. The molecule has 0 saturated heterocycles. The van der Waals surface area contributed by atoms with Gasteiger partial charge < -0.3 is 11.5 Å². The van der Waals surface area contributed by atoms with Gasteiger partial charge in [-0.05, 0) is 91.3 Å². The Labute approximate surface area is 167 Å². The summed E-state index contributed by atoms with van der Waals surface area (Å²) in [5, 5.41) is 0. The van der Waals surface area contributed by atoms with Crippen molar-refractivity contribution in [3.8, 4) is 22.3 Å². The van der Waals surface area contributed by atoms with Crippen molar-refractivity contribution in [2.45, 2.75) is 51.4 Å². The van der Waals surface area contributed by atoms with Crippen LogP contribution in [0.4, 0.5) is 11.4 Å². The molecule has 0 unspecified atom stereocenters. The van der Waals surface area contributed by atoms with E-state index in [-0.39, 0.29) is 0 Å². The zero-order valence-electron chi connectivity index (χ0n) is 16.4. The third-order valence-corrected chi connectivity index (χ3v) is 6.59. The first-order chi connectivity index (χ1) is 13.7. The van der Waals surface area contributed by atoms with E-state index in [1.54, 1.807) is 0 Å². The lowest BCUT2D eigenvalue weighted by atomic mass is 9.78. The first-order valence-corrected chi connectivity index (χ1v) is 10.6. The quantitative estimate of drug-likeness (QED) is 0.550. The summed E-state index contributed by atoms with van der Waals surface area (Å²) in [5.74, 6) is 0. The van der Waals surface area contributed by atoms with Crippen molar-refractivity contribution in [3.05, 3.63) is 70.8 Å². The zero-order valence-corrected chi connectivity index (χ0v) is 16.4. The van der Waals surface area contributed by atoms with Gasteiger partial charge in [-0.25, -0.2) is 0 Å². The van der Waals surface area contributed by atoms with Gasteiger partial charge in [0.05, 0.1) is 0 Å². The van der Waals surface area contributed by atoms with E-state index in [0.717, 1.165) is 42.6 Å². The summed E-state index contributed by atoms with van der Waals surface area (Å²) >= 11 is 0. The Morgan fingerprint density at radius 2 is 1.25 bits per heavy atom. The molecule has 2 aliphatic rings. The number of benzene rings is 3. The van der Waals surface area contributed by atoms with Crippen LogP contribution in [0.2, 0.25) is 0 Å². The summed E-state index contributed by atoms with van der Waals surface area (Å²) in [6, 6.07) is 17.2. The Balaban J connectivity index is 1.83. The van der Waals surface area contributed by atoms with Crippen LogP contribution in [0.15, 0.2) is 48.5 Å². The SMILES string of the molecule is Nc1ccc2c(c1-c1c(N)c(-c3ccccc3)cc3c1CCCC3)CCCC2. The van der Waals surface area contributed by atoms with Gasteiger partial charge in [-0.2, -0.15) is 0 Å². The fourth-order valence-electron chi connectivity index (χ4n) is 5.21. The molecule has 3 aromatic carbocycles. The van der Waals surface area contributed by atoms with Gasteiger partial charge in [-0.3, -0.25) is 0 Å². The number of rotatable bonds is 2. The highest BCUT2D eigenvalue weighted by atomic mass is 14.6. The third kappa shape index (κ3) is 2.79. The summed E-state index contributed by atoms with van der Waals surface area (Å²) in [4.78, 5) is 0. The number of hydrogen-bond acceptors (Lipinski definition) is 2. The second kappa shape index (κ2) is 7.01. The van der Waals surface area contributed by atoms with Crippen molar-refractivity contribution in [1.29, 1.82) is 0 Å². The molecule has 2 nitrogen and oxygen atoms in total. The highest BCUT2D eigenvalue weighted by molar-refractivity contribution is 5.97. The van der Waals surface area contributed by atoms with Crippen molar-refractivity contribution < 1.29 is 0 Å². The van der Waals surface area contributed by atoms with Gasteiger partial charge in [0, 0.05) is 28.1 Å². The lowest BCUT2D eigenvalue weighted by Gasteiger charge is -2.28. The van der Waals surface area contributed by atoms with Crippen LogP contribution in [0.5, 0.6) is 0 Å². The number of aryl methyl sites for hydroxylation is 2. The summed E-state index contributed by atoms with van der Waals surface area (Å²) in [6.45, 7) is 0. The maximum Gasteiger partial charge on any atom is 0.0477 e. The van der Waals surface area contributed by atoms with Crippen molar-refractivity contribution in [2.24, 2.45) is 0 Å². The van der Waals surface area contributed by atoms with E-state index < -0.39 is 0 Å². The van der Waals surface area contributed by atoms with Gasteiger partial charge in [0.25, 0.3) is 0 Å². The molecular weight excluding hydrogens is 340 g/mol. The smallest absolute Gasteiger partial charge is 0.0477 e. The Kier molecular flexibility index (Phi) is 4.35. The van der Waals surface area contributed by atoms with Crippen LogP contribution >= 0.6 is 0 Å². The van der Waals surface area contributed by atoms with Crippen LogP contribution in [0, 0.1) is 0 Å². The molecule has 5 rings (SSSR count). The van der Waals surface area contributed by atoms with Crippen molar-refractivity contribution in [2.75, 3.05) is 11.5 Å². The molecule has 0 radical (unpaired) electrons. The minimum atomic E-state index is 0.880. The molecular formula is C26H28N2. The number of nitrogens with two attached hydrogens (primary N) is 2. The van der Waals surface area contributed by atoms with Crippen LogP contribution in [-0.2, 0) is 25.7 Å². The topological polar surface area (TPSA) is 52.0 Å². The highest BCUT2D eigenvalue weighted by Crippen LogP contribution is 2.46. The van der Waals surface area contributed by atoms with E-state index in [2.05, 4.69) is 48.5 Å². The molecule has 0 aromatic heterocycles. The molecule has 2 heteroatoms. The van der Waals surface area contributed by atoms with E-state index in [1.165, 1.54) is 64.6 Å². The molecule has 0 amide bonds. The minimum absolute atomic E-state index is 0.880. The predicted molar refractivity (Wildman–Crippen MR) is 119 cm³/mol. The fraction of sp³-hybridized carbons (Fsp3) is 0.308. The monoisotopic (exact) mass is 368 g/mol. The Morgan fingerprint density at radius 3 is 2.00 bits per heavy atom. The summed E-state index contributed by atoms with van der Waals surface area (Å²) < 4.78 is 0. The molecule has 142 valence electrons. The molecule has 3 aromatic rings. The number of hydrogen-bond donors (Lipinski definition) is 2. The van der Waals surface area contributed by atoms with Crippen molar-refractivity contribution in [1.82, 2.24) is 0 Å². The van der Waals surface area contributed by atoms with Crippen LogP contribution in [-0.4, -0.2) is 0 Å². The van der Waals surface area contributed by atoms with Crippen LogP contribution in [0.3, 0.4) is 0 Å². The average Bonchev–Trinajstić information content (AvgIpc) is 2.75. The van der Waals surface area contributed by atoms with Gasteiger partial charge in [0.2, 0.25) is 0 Å². The van der Waals surface area contributed by atoms with Gasteiger partial charge in [-0.1, -0.05) is 36.4 Å². The van der Waals surface area contributed by atoms with Crippen LogP contribution in [0.25, 0.3) is 22.3 Å². The molecule has 28 heavy (non-hydrogen) atoms.